The fourth-order valence-corrected chi connectivity index (χ4v) is 5.73. The molecule has 3 amide bonds. The number of carbonyl (C=O) groups is 3. The largest absolute Gasteiger partial charge is 0.323 e. The van der Waals surface area contributed by atoms with Crippen LogP contribution in [0.4, 0.5) is 5.69 Å². The quantitative estimate of drug-likeness (QED) is 0.690. The molecule has 2 aromatic rings. The van der Waals surface area contributed by atoms with Crippen molar-refractivity contribution >= 4 is 46.6 Å². The number of likely N-dealkylation sites (tertiary alicyclic amines) is 1. The van der Waals surface area contributed by atoms with Crippen molar-refractivity contribution in [2.75, 3.05) is 5.32 Å². The molecule has 3 aliphatic heterocycles. The molecule has 6 nitrogen and oxygen atoms in total. The fraction of sp³-hybridized carbons (Fsp3) is 0.348. The highest BCUT2D eigenvalue weighted by Gasteiger charge is 2.70. The first-order chi connectivity index (χ1) is 14.8. The topological polar surface area (TPSA) is 78.5 Å². The second-order valence-electron chi connectivity index (χ2n) is 8.70. The Morgan fingerprint density at radius 2 is 1.71 bits per heavy atom. The first-order valence-electron chi connectivity index (χ1n) is 10.2. The van der Waals surface area contributed by atoms with Crippen molar-refractivity contribution in [3.63, 3.8) is 0 Å². The molecule has 2 saturated heterocycles. The summed E-state index contributed by atoms with van der Waals surface area (Å²) >= 11 is 12.6. The number of rotatable bonds is 3. The summed E-state index contributed by atoms with van der Waals surface area (Å²) in [6, 6.07) is 12.0. The minimum absolute atomic E-state index is 0.0277. The van der Waals surface area contributed by atoms with Gasteiger partial charge in [0.05, 0.1) is 29.1 Å². The molecule has 0 unspecified atom stereocenters. The Morgan fingerprint density at radius 1 is 1.00 bits per heavy atom. The standard InChI is InChI=1S/C23H21Cl2N3O3/c1-11(2)18-16-17(21(30)28(20(16)29)10-12-6-3-4-8-14(12)24)23(27-18)13-7-5-9-15(25)19(13)26-22(23)31/h3-9,11,16-18,27H,10H2,1-2H3,(H,26,31)/t16-,17-,18-,23-/m0/s1. The van der Waals surface area contributed by atoms with Crippen LogP contribution in [0.2, 0.25) is 10.0 Å². The number of hydrogen-bond acceptors (Lipinski definition) is 4. The molecule has 2 N–H and O–H groups in total. The van der Waals surface area contributed by atoms with Gasteiger partial charge < -0.3 is 5.32 Å². The summed E-state index contributed by atoms with van der Waals surface area (Å²) < 4.78 is 0. The predicted molar refractivity (Wildman–Crippen MR) is 118 cm³/mol. The van der Waals surface area contributed by atoms with E-state index in [0.29, 0.717) is 26.9 Å². The predicted octanol–water partition coefficient (Wildman–Crippen LogP) is 3.57. The molecule has 3 heterocycles. The van der Waals surface area contributed by atoms with E-state index in [1.807, 2.05) is 19.9 Å². The third-order valence-electron chi connectivity index (χ3n) is 6.73. The van der Waals surface area contributed by atoms with Gasteiger partial charge in [0.2, 0.25) is 17.7 Å². The molecular weight excluding hydrogens is 437 g/mol. The molecule has 0 radical (unpaired) electrons. The minimum atomic E-state index is -1.33. The molecule has 2 fully saturated rings. The van der Waals surface area contributed by atoms with E-state index in [2.05, 4.69) is 10.6 Å². The van der Waals surface area contributed by atoms with Crippen LogP contribution < -0.4 is 10.6 Å². The van der Waals surface area contributed by atoms with Gasteiger partial charge in [0.1, 0.15) is 5.54 Å². The summed E-state index contributed by atoms with van der Waals surface area (Å²) in [7, 11) is 0. The minimum Gasteiger partial charge on any atom is -0.323 e. The Labute approximate surface area is 189 Å². The van der Waals surface area contributed by atoms with Crippen LogP contribution in [0.5, 0.6) is 0 Å². The van der Waals surface area contributed by atoms with Crippen LogP contribution in [0.15, 0.2) is 42.5 Å². The Morgan fingerprint density at radius 3 is 2.42 bits per heavy atom. The molecule has 0 aromatic heterocycles. The van der Waals surface area contributed by atoms with Gasteiger partial charge in [-0.2, -0.15) is 0 Å². The first kappa shape index (κ1) is 20.5. The van der Waals surface area contributed by atoms with Crippen molar-refractivity contribution < 1.29 is 14.4 Å². The lowest BCUT2D eigenvalue weighted by molar-refractivity contribution is -0.143. The van der Waals surface area contributed by atoms with Gasteiger partial charge in [-0.05, 0) is 23.6 Å². The van der Waals surface area contributed by atoms with Crippen LogP contribution in [0.25, 0.3) is 0 Å². The smallest absolute Gasteiger partial charge is 0.250 e. The highest BCUT2D eigenvalue weighted by atomic mass is 35.5. The number of nitrogens with zero attached hydrogens (tertiary/aromatic N) is 1. The van der Waals surface area contributed by atoms with Crippen LogP contribution >= 0.6 is 23.2 Å². The van der Waals surface area contributed by atoms with E-state index in [-0.39, 0.29) is 36.2 Å². The second kappa shape index (κ2) is 7.05. The summed E-state index contributed by atoms with van der Waals surface area (Å²) in [5.41, 5.74) is 0.466. The molecule has 5 rings (SSSR count). The van der Waals surface area contributed by atoms with Gasteiger partial charge in [0, 0.05) is 16.6 Å². The number of nitrogens with one attached hydrogen (secondary N) is 2. The van der Waals surface area contributed by atoms with Crippen molar-refractivity contribution in [2.24, 2.45) is 17.8 Å². The highest BCUT2D eigenvalue weighted by molar-refractivity contribution is 6.35. The zero-order valence-corrected chi connectivity index (χ0v) is 18.5. The number of imide groups is 1. The van der Waals surface area contributed by atoms with Gasteiger partial charge in [-0.15, -0.1) is 0 Å². The van der Waals surface area contributed by atoms with Gasteiger partial charge in [-0.25, -0.2) is 0 Å². The molecule has 2 aromatic carbocycles. The Hall–Kier alpha value is -2.41. The fourth-order valence-electron chi connectivity index (χ4n) is 5.31. The monoisotopic (exact) mass is 457 g/mol. The van der Waals surface area contributed by atoms with E-state index >= 15 is 0 Å². The molecule has 31 heavy (non-hydrogen) atoms. The van der Waals surface area contributed by atoms with E-state index in [0.717, 1.165) is 0 Å². The van der Waals surface area contributed by atoms with Gasteiger partial charge >= 0.3 is 0 Å². The Kier molecular flexibility index (Phi) is 4.66. The zero-order chi connectivity index (χ0) is 22.1. The maximum atomic E-state index is 13.7. The van der Waals surface area contributed by atoms with Crippen molar-refractivity contribution in [3.05, 3.63) is 63.6 Å². The lowest BCUT2D eigenvalue weighted by Gasteiger charge is -2.30. The van der Waals surface area contributed by atoms with Gasteiger partial charge in [-0.1, -0.05) is 67.4 Å². The number of benzene rings is 2. The van der Waals surface area contributed by atoms with Gasteiger partial charge in [0.25, 0.3) is 0 Å². The van der Waals surface area contributed by atoms with E-state index in [1.165, 1.54) is 4.90 Å². The number of para-hydroxylation sites is 1. The van der Waals surface area contributed by atoms with Crippen molar-refractivity contribution in [1.29, 1.82) is 0 Å². The third kappa shape index (κ3) is 2.71. The third-order valence-corrected chi connectivity index (χ3v) is 7.41. The summed E-state index contributed by atoms with van der Waals surface area (Å²) in [6.45, 7) is 4.04. The van der Waals surface area contributed by atoms with E-state index in [4.69, 9.17) is 23.2 Å². The lowest BCUT2D eigenvalue weighted by Crippen LogP contribution is -2.53. The molecule has 0 bridgehead atoms. The number of amides is 3. The molecule has 0 aliphatic carbocycles. The average Bonchev–Trinajstić information content (AvgIpc) is 3.32. The highest BCUT2D eigenvalue weighted by Crippen LogP contribution is 2.55. The van der Waals surface area contributed by atoms with Gasteiger partial charge in [-0.3, -0.25) is 24.6 Å². The Bertz CT molecular complexity index is 1130. The van der Waals surface area contributed by atoms with Crippen LogP contribution in [0.3, 0.4) is 0 Å². The molecule has 3 aliphatic rings. The summed E-state index contributed by atoms with van der Waals surface area (Å²) in [4.78, 5) is 41.8. The van der Waals surface area contributed by atoms with E-state index in [9.17, 15) is 14.4 Å². The number of halogens is 2. The lowest BCUT2D eigenvalue weighted by atomic mass is 9.76. The normalized spacial score (nSPS) is 29.1. The molecule has 8 heteroatoms. The molecule has 0 saturated carbocycles. The first-order valence-corrected chi connectivity index (χ1v) is 11.0. The van der Waals surface area contributed by atoms with Gasteiger partial charge in [0.15, 0.2) is 0 Å². The summed E-state index contributed by atoms with van der Waals surface area (Å²) in [6.07, 6.45) is 0. The average molecular weight is 458 g/mol. The molecule has 4 atom stereocenters. The number of carbonyl (C=O) groups excluding carboxylic acids is 3. The summed E-state index contributed by atoms with van der Waals surface area (Å²) in [5, 5.41) is 7.13. The zero-order valence-electron chi connectivity index (χ0n) is 17.0. The maximum absolute atomic E-state index is 13.7. The summed E-state index contributed by atoms with van der Waals surface area (Å²) in [5.74, 6) is -2.47. The number of anilines is 1. The molecular formula is C23H21Cl2N3O3. The van der Waals surface area contributed by atoms with Crippen LogP contribution in [0.1, 0.15) is 25.0 Å². The number of fused-ring (bicyclic) bond motifs is 4. The van der Waals surface area contributed by atoms with Crippen LogP contribution in [-0.2, 0) is 26.5 Å². The molecule has 160 valence electrons. The van der Waals surface area contributed by atoms with Crippen molar-refractivity contribution in [3.8, 4) is 0 Å². The maximum Gasteiger partial charge on any atom is 0.250 e. The van der Waals surface area contributed by atoms with Crippen LogP contribution in [-0.4, -0.2) is 28.7 Å². The van der Waals surface area contributed by atoms with Crippen LogP contribution in [0, 0.1) is 17.8 Å². The van der Waals surface area contributed by atoms with Crippen molar-refractivity contribution in [2.45, 2.75) is 32.0 Å². The van der Waals surface area contributed by atoms with E-state index < -0.39 is 17.4 Å². The SMILES string of the molecule is CC(C)[C@@H]1N[C@]2(C(=O)Nc3c(Cl)cccc32)[C@@H]2C(=O)N(Cc3ccccc3Cl)C(=O)[C@@H]21. The van der Waals surface area contributed by atoms with Crippen molar-refractivity contribution in [1.82, 2.24) is 10.2 Å². The second-order valence-corrected chi connectivity index (χ2v) is 9.51. The number of hydrogen-bond donors (Lipinski definition) is 2. The van der Waals surface area contributed by atoms with E-state index in [1.54, 1.807) is 36.4 Å². The molecule has 1 spiro atoms. The Balaban J connectivity index is 1.63.